The molecule has 1 fully saturated rings. The lowest BCUT2D eigenvalue weighted by Gasteiger charge is -2.33. The van der Waals surface area contributed by atoms with Gasteiger partial charge in [0, 0.05) is 43.6 Å². The Bertz CT molecular complexity index is 1240. The van der Waals surface area contributed by atoms with Crippen molar-refractivity contribution >= 4 is 11.5 Å². The number of hydrogen-bond donors (Lipinski definition) is 1. The minimum atomic E-state index is -2.67. The van der Waals surface area contributed by atoms with Crippen molar-refractivity contribution in [1.82, 2.24) is 29.8 Å². The molecule has 1 unspecified atom stereocenters. The normalized spacial score (nSPS) is 21.0. The standard InChI is InChI=1S/C19H16F3N7O/c20-11-2-1-4-29-14(11)6-13(27-29)16-15-12(23-9-24-15)3-5-28(16)18-26-25-17(30-18)10-7-19(21,22)8-10/h1-2,4,6,9-10,16H,3,5,7-8H2,(H,23,24). The molecule has 0 amide bonds. The van der Waals surface area contributed by atoms with E-state index >= 15 is 0 Å². The number of nitrogens with zero attached hydrogens (tertiary/aromatic N) is 6. The van der Waals surface area contributed by atoms with Crippen molar-refractivity contribution in [2.45, 2.75) is 37.1 Å². The van der Waals surface area contributed by atoms with Crippen LogP contribution < -0.4 is 4.90 Å². The zero-order valence-electron chi connectivity index (χ0n) is 15.6. The van der Waals surface area contributed by atoms with Gasteiger partial charge in [0.15, 0.2) is 0 Å². The van der Waals surface area contributed by atoms with E-state index in [2.05, 4.69) is 25.3 Å². The largest absolute Gasteiger partial charge is 0.408 e. The van der Waals surface area contributed by atoms with Gasteiger partial charge in [-0.05, 0) is 18.2 Å². The molecule has 1 N–H and O–H groups in total. The molecule has 0 spiro atoms. The number of aromatic amines is 1. The Morgan fingerprint density at radius 2 is 2.10 bits per heavy atom. The van der Waals surface area contributed by atoms with Crippen LogP contribution in [0.5, 0.6) is 0 Å². The third-order valence-corrected chi connectivity index (χ3v) is 5.79. The quantitative estimate of drug-likeness (QED) is 0.553. The van der Waals surface area contributed by atoms with Crippen LogP contribution in [-0.2, 0) is 6.42 Å². The second kappa shape index (κ2) is 6.07. The van der Waals surface area contributed by atoms with Gasteiger partial charge in [-0.15, -0.1) is 5.10 Å². The number of alkyl halides is 2. The maximum absolute atomic E-state index is 14.2. The fraction of sp³-hybridized carbons (Fsp3) is 0.368. The zero-order chi connectivity index (χ0) is 20.5. The lowest BCUT2D eigenvalue weighted by Crippen LogP contribution is -2.37. The summed E-state index contributed by atoms with van der Waals surface area (Å²) in [5.41, 5.74) is 2.60. The van der Waals surface area contributed by atoms with Gasteiger partial charge in [0.1, 0.15) is 17.4 Å². The van der Waals surface area contributed by atoms with Gasteiger partial charge in [-0.1, -0.05) is 5.10 Å². The summed E-state index contributed by atoms with van der Waals surface area (Å²) in [5.74, 6) is -3.28. The summed E-state index contributed by atoms with van der Waals surface area (Å²) < 4.78 is 47.9. The number of aromatic nitrogens is 6. The van der Waals surface area contributed by atoms with Crippen molar-refractivity contribution < 1.29 is 17.6 Å². The van der Waals surface area contributed by atoms with Gasteiger partial charge < -0.3 is 14.3 Å². The molecule has 0 aromatic carbocycles. The number of hydrogen-bond acceptors (Lipinski definition) is 6. The molecule has 1 atom stereocenters. The molecule has 154 valence electrons. The van der Waals surface area contributed by atoms with Crippen LogP contribution in [0.25, 0.3) is 5.52 Å². The second-order valence-electron chi connectivity index (χ2n) is 7.75. The van der Waals surface area contributed by atoms with E-state index in [0.717, 1.165) is 11.4 Å². The van der Waals surface area contributed by atoms with Crippen LogP contribution in [0, 0.1) is 5.82 Å². The maximum atomic E-state index is 14.2. The molecule has 0 saturated heterocycles. The van der Waals surface area contributed by atoms with Gasteiger partial charge in [0.2, 0.25) is 11.8 Å². The molecule has 1 aliphatic heterocycles. The van der Waals surface area contributed by atoms with Crippen LogP contribution in [0.3, 0.4) is 0 Å². The van der Waals surface area contributed by atoms with Crippen LogP contribution in [0.15, 0.2) is 35.1 Å². The lowest BCUT2D eigenvalue weighted by atomic mass is 9.81. The van der Waals surface area contributed by atoms with Crippen molar-refractivity contribution in [1.29, 1.82) is 0 Å². The summed E-state index contributed by atoms with van der Waals surface area (Å²) in [4.78, 5) is 9.41. The van der Waals surface area contributed by atoms with E-state index in [1.807, 2.05) is 4.90 Å². The van der Waals surface area contributed by atoms with Gasteiger partial charge in [-0.3, -0.25) is 0 Å². The van der Waals surface area contributed by atoms with E-state index in [1.165, 1.54) is 10.6 Å². The van der Waals surface area contributed by atoms with Gasteiger partial charge in [-0.2, -0.15) is 5.10 Å². The van der Waals surface area contributed by atoms with Crippen LogP contribution in [0.4, 0.5) is 19.2 Å². The Kier molecular flexibility index (Phi) is 3.54. The minimum Gasteiger partial charge on any atom is -0.408 e. The van der Waals surface area contributed by atoms with E-state index in [9.17, 15) is 13.2 Å². The molecule has 11 heteroatoms. The van der Waals surface area contributed by atoms with Crippen LogP contribution in [0.1, 0.15) is 47.8 Å². The van der Waals surface area contributed by atoms with E-state index in [4.69, 9.17) is 4.42 Å². The summed E-state index contributed by atoms with van der Waals surface area (Å²) in [5, 5.41) is 12.6. The van der Waals surface area contributed by atoms with E-state index in [1.54, 1.807) is 24.7 Å². The summed E-state index contributed by atoms with van der Waals surface area (Å²) in [7, 11) is 0. The average Bonchev–Trinajstić information content (AvgIpc) is 3.43. The number of imidazole rings is 1. The van der Waals surface area contributed by atoms with Gasteiger partial charge in [0.05, 0.1) is 17.7 Å². The Morgan fingerprint density at radius 1 is 1.23 bits per heavy atom. The highest BCUT2D eigenvalue weighted by Crippen LogP contribution is 2.48. The summed E-state index contributed by atoms with van der Waals surface area (Å²) in [6.07, 6.45) is 3.36. The highest BCUT2D eigenvalue weighted by atomic mass is 19.3. The van der Waals surface area contributed by atoms with E-state index in [-0.39, 0.29) is 30.6 Å². The Balaban J connectivity index is 1.41. The smallest absolute Gasteiger partial charge is 0.319 e. The van der Waals surface area contributed by atoms with E-state index < -0.39 is 17.9 Å². The monoisotopic (exact) mass is 415 g/mol. The molecule has 1 aliphatic carbocycles. The molecule has 4 aromatic rings. The van der Waals surface area contributed by atoms with Crippen molar-refractivity contribution in [2.75, 3.05) is 11.4 Å². The summed E-state index contributed by atoms with van der Waals surface area (Å²) in [6.45, 7) is 0.526. The fourth-order valence-corrected chi connectivity index (χ4v) is 4.26. The number of fused-ring (bicyclic) bond motifs is 2. The molecule has 30 heavy (non-hydrogen) atoms. The highest BCUT2D eigenvalue weighted by Gasteiger charge is 2.48. The van der Waals surface area contributed by atoms with Gasteiger partial charge in [0.25, 0.3) is 0 Å². The van der Waals surface area contributed by atoms with Gasteiger partial charge in [-0.25, -0.2) is 22.7 Å². The zero-order valence-corrected chi connectivity index (χ0v) is 15.6. The van der Waals surface area contributed by atoms with Crippen molar-refractivity contribution in [3.8, 4) is 0 Å². The molecule has 0 bridgehead atoms. The predicted octanol–water partition coefficient (Wildman–Crippen LogP) is 3.24. The third kappa shape index (κ3) is 2.61. The van der Waals surface area contributed by atoms with Crippen LogP contribution in [-0.4, -0.2) is 42.2 Å². The second-order valence-corrected chi connectivity index (χ2v) is 7.75. The number of rotatable bonds is 3. The molecule has 0 radical (unpaired) electrons. The predicted molar refractivity (Wildman–Crippen MR) is 97.9 cm³/mol. The first-order valence-corrected chi connectivity index (χ1v) is 9.62. The maximum Gasteiger partial charge on any atom is 0.319 e. The van der Waals surface area contributed by atoms with Crippen molar-refractivity contribution in [3.63, 3.8) is 0 Å². The number of nitrogens with one attached hydrogen (secondary N) is 1. The third-order valence-electron chi connectivity index (χ3n) is 5.79. The first-order valence-electron chi connectivity index (χ1n) is 9.62. The lowest BCUT2D eigenvalue weighted by molar-refractivity contribution is -0.0917. The number of halogens is 3. The van der Waals surface area contributed by atoms with Crippen molar-refractivity contribution in [3.05, 3.63) is 59.5 Å². The molecular formula is C19H16F3N7O. The molecule has 5 heterocycles. The molecule has 2 aliphatic rings. The molecule has 1 saturated carbocycles. The topological polar surface area (TPSA) is 88.1 Å². The first-order chi connectivity index (χ1) is 14.5. The molecule has 6 rings (SSSR count). The van der Waals surface area contributed by atoms with Crippen LogP contribution >= 0.6 is 0 Å². The Labute approximate surface area is 167 Å². The number of anilines is 1. The van der Waals surface area contributed by atoms with Crippen LogP contribution in [0.2, 0.25) is 0 Å². The number of H-pyrrole nitrogens is 1. The Morgan fingerprint density at radius 3 is 2.90 bits per heavy atom. The van der Waals surface area contributed by atoms with E-state index in [0.29, 0.717) is 24.2 Å². The van der Waals surface area contributed by atoms with Crippen molar-refractivity contribution in [2.24, 2.45) is 0 Å². The summed E-state index contributed by atoms with van der Waals surface area (Å²) >= 11 is 0. The highest BCUT2D eigenvalue weighted by molar-refractivity contribution is 5.53. The summed E-state index contributed by atoms with van der Waals surface area (Å²) in [6, 6.07) is 4.36. The molecule has 8 nitrogen and oxygen atoms in total. The van der Waals surface area contributed by atoms with Gasteiger partial charge >= 0.3 is 6.01 Å². The molecule has 4 aromatic heterocycles. The number of pyridine rings is 1. The molecular weight excluding hydrogens is 399 g/mol. The average molecular weight is 415 g/mol. The first kappa shape index (κ1) is 17.5. The Hall–Kier alpha value is -3.37. The fourth-order valence-electron chi connectivity index (χ4n) is 4.26. The SMILES string of the molecule is Fc1cccn2nc(C3c4nc[nH]c4CCN3c3nnc(C4CC(F)(F)C4)o3)cc12. The minimum absolute atomic E-state index is 0.212.